The normalized spacial score (nSPS) is 10.1. The second-order valence-electron chi connectivity index (χ2n) is 3.94. The maximum Gasteiger partial charge on any atom is 0.354 e. The van der Waals surface area contributed by atoms with Crippen LogP contribution in [0.2, 0.25) is 0 Å². The lowest BCUT2D eigenvalue weighted by Gasteiger charge is -2.08. The lowest BCUT2D eigenvalue weighted by molar-refractivity contribution is -0.385. The molecule has 7 nitrogen and oxygen atoms in total. The number of hydrogen-bond donors (Lipinski definition) is 1. The third-order valence-electron chi connectivity index (χ3n) is 2.64. The molecule has 0 spiro atoms. The summed E-state index contributed by atoms with van der Waals surface area (Å²) in [5.74, 6) is -0.509. The number of nitro benzene ring substituents is 1. The van der Waals surface area contributed by atoms with Gasteiger partial charge in [-0.3, -0.25) is 10.1 Å². The van der Waals surface area contributed by atoms with Crippen LogP contribution in [0.1, 0.15) is 16.1 Å². The van der Waals surface area contributed by atoms with Crippen LogP contribution in [0.25, 0.3) is 0 Å². The van der Waals surface area contributed by atoms with Gasteiger partial charge < -0.3 is 9.84 Å². The maximum absolute atomic E-state index is 10.8. The van der Waals surface area contributed by atoms with Gasteiger partial charge in [0.2, 0.25) is 0 Å². The number of hydrogen-bond acceptors (Lipinski definition) is 5. The number of pyridine rings is 1. The van der Waals surface area contributed by atoms with Gasteiger partial charge in [-0.2, -0.15) is 0 Å². The van der Waals surface area contributed by atoms with Crippen molar-refractivity contribution in [1.29, 1.82) is 0 Å². The lowest BCUT2D eigenvalue weighted by atomic mass is 10.2. The van der Waals surface area contributed by atoms with Crippen molar-refractivity contribution in [2.45, 2.75) is 6.92 Å². The molecule has 0 saturated heterocycles. The van der Waals surface area contributed by atoms with Gasteiger partial charge in [-0.15, -0.1) is 0 Å². The van der Waals surface area contributed by atoms with E-state index in [2.05, 4.69) is 4.98 Å². The van der Waals surface area contributed by atoms with E-state index in [1.165, 1.54) is 30.5 Å². The van der Waals surface area contributed by atoms with Crippen molar-refractivity contribution >= 4 is 11.7 Å². The van der Waals surface area contributed by atoms with E-state index in [9.17, 15) is 14.9 Å². The van der Waals surface area contributed by atoms with Crippen molar-refractivity contribution in [3.8, 4) is 11.5 Å². The van der Waals surface area contributed by atoms with Crippen LogP contribution in [0.15, 0.2) is 36.5 Å². The van der Waals surface area contributed by atoms with Crippen LogP contribution in [-0.2, 0) is 0 Å². The molecule has 0 aliphatic heterocycles. The number of nitro groups is 1. The highest BCUT2D eigenvalue weighted by molar-refractivity contribution is 5.85. The molecule has 0 amide bonds. The summed E-state index contributed by atoms with van der Waals surface area (Å²) in [6.45, 7) is 1.58. The second kappa shape index (κ2) is 5.35. The van der Waals surface area contributed by atoms with Crippen LogP contribution in [0.4, 0.5) is 5.69 Å². The van der Waals surface area contributed by atoms with Gasteiger partial charge in [0.05, 0.1) is 16.7 Å². The first-order valence-electron chi connectivity index (χ1n) is 5.60. The Morgan fingerprint density at radius 3 is 2.65 bits per heavy atom. The average molecular weight is 274 g/mol. The molecule has 0 radical (unpaired) electrons. The van der Waals surface area contributed by atoms with E-state index in [1.807, 2.05) is 0 Å². The maximum atomic E-state index is 10.8. The van der Waals surface area contributed by atoms with Crippen LogP contribution < -0.4 is 4.74 Å². The third-order valence-corrected chi connectivity index (χ3v) is 2.64. The Labute approximate surface area is 113 Å². The zero-order valence-electron chi connectivity index (χ0n) is 10.4. The predicted molar refractivity (Wildman–Crippen MR) is 69.1 cm³/mol. The number of aromatic nitrogens is 1. The first-order valence-corrected chi connectivity index (χ1v) is 5.60. The first kappa shape index (κ1) is 13.5. The number of rotatable bonds is 4. The Bertz CT molecular complexity index is 667. The van der Waals surface area contributed by atoms with Crippen LogP contribution in [-0.4, -0.2) is 21.0 Å². The number of benzene rings is 1. The van der Waals surface area contributed by atoms with E-state index in [-0.39, 0.29) is 11.4 Å². The summed E-state index contributed by atoms with van der Waals surface area (Å²) in [6, 6.07) is 7.22. The van der Waals surface area contributed by atoms with Gasteiger partial charge in [0.15, 0.2) is 0 Å². The van der Waals surface area contributed by atoms with Crippen molar-refractivity contribution in [3.05, 3.63) is 57.9 Å². The summed E-state index contributed by atoms with van der Waals surface area (Å²) in [7, 11) is 0. The molecular weight excluding hydrogens is 264 g/mol. The zero-order chi connectivity index (χ0) is 14.7. The standard InChI is InChI=1S/C13H10N2O5/c1-8-11(15(18)19)3-2-4-12(8)20-9-5-6-10(13(16)17)14-7-9/h2-7H,1H3,(H,16,17). The fourth-order valence-electron chi connectivity index (χ4n) is 1.61. The summed E-state index contributed by atoms with van der Waals surface area (Å²) in [5.41, 5.74) is 0.241. The molecule has 1 heterocycles. The van der Waals surface area contributed by atoms with Crippen LogP contribution >= 0.6 is 0 Å². The van der Waals surface area contributed by atoms with Crippen molar-refractivity contribution in [2.75, 3.05) is 0 Å². The molecule has 2 rings (SSSR count). The fraction of sp³-hybridized carbons (Fsp3) is 0.0769. The molecular formula is C13H10N2O5. The Hall–Kier alpha value is -2.96. The molecule has 102 valence electrons. The molecule has 2 aromatic rings. The summed E-state index contributed by atoms with van der Waals surface area (Å²) < 4.78 is 5.47. The molecule has 0 saturated carbocycles. The molecule has 20 heavy (non-hydrogen) atoms. The Morgan fingerprint density at radius 1 is 1.35 bits per heavy atom. The van der Waals surface area contributed by atoms with Gasteiger partial charge in [0.1, 0.15) is 17.2 Å². The number of ether oxygens (including phenoxy) is 1. The molecule has 0 bridgehead atoms. The number of carboxylic acid groups (broad SMARTS) is 1. The highest BCUT2D eigenvalue weighted by Crippen LogP contribution is 2.30. The average Bonchev–Trinajstić information content (AvgIpc) is 2.41. The largest absolute Gasteiger partial charge is 0.477 e. The van der Waals surface area contributed by atoms with Gasteiger partial charge >= 0.3 is 5.97 Å². The number of aromatic carboxylic acids is 1. The Morgan fingerprint density at radius 2 is 2.10 bits per heavy atom. The quantitative estimate of drug-likeness (QED) is 0.679. The molecule has 0 unspecified atom stereocenters. The summed E-state index contributed by atoms with van der Waals surface area (Å²) >= 11 is 0. The highest BCUT2D eigenvalue weighted by Gasteiger charge is 2.15. The second-order valence-corrected chi connectivity index (χ2v) is 3.94. The first-order chi connectivity index (χ1) is 9.49. The zero-order valence-corrected chi connectivity index (χ0v) is 10.4. The third kappa shape index (κ3) is 2.72. The van der Waals surface area contributed by atoms with E-state index in [4.69, 9.17) is 9.84 Å². The van der Waals surface area contributed by atoms with Gasteiger partial charge in [-0.1, -0.05) is 6.07 Å². The molecule has 7 heteroatoms. The summed E-state index contributed by atoms with van der Waals surface area (Å²) in [6.07, 6.45) is 1.25. The van der Waals surface area contributed by atoms with Gasteiger partial charge in [0, 0.05) is 6.07 Å². The van der Waals surface area contributed by atoms with Gasteiger partial charge in [-0.05, 0) is 25.1 Å². The minimum Gasteiger partial charge on any atom is -0.477 e. The molecule has 0 fully saturated rings. The Balaban J connectivity index is 2.28. The van der Waals surface area contributed by atoms with Crippen molar-refractivity contribution < 1.29 is 19.6 Å². The number of nitrogens with zero attached hydrogens (tertiary/aromatic N) is 2. The predicted octanol–water partition coefficient (Wildman–Crippen LogP) is 2.79. The molecule has 0 atom stereocenters. The highest BCUT2D eigenvalue weighted by atomic mass is 16.6. The molecule has 0 aliphatic carbocycles. The fourth-order valence-corrected chi connectivity index (χ4v) is 1.61. The molecule has 0 aliphatic rings. The molecule has 1 aromatic heterocycles. The lowest BCUT2D eigenvalue weighted by Crippen LogP contribution is -1.99. The van der Waals surface area contributed by atoms with Crippen LogP contribution in [0.3, 0.4) is 0 Å². The minimum atomic E-state index is -1.14. The van der Waals surface area contributed by atoms with E-state index in [0.717, 1.165) is 0 Å². The van der Waals surface area contributed by atoms with Crippen molar-refractivity contribution in [1.82, 2.24) is 4.98 Å². The van der Waals surface area contributed by atoms with E-state index in [0.29, 0.717) is 17.1 Å². The number of carboxylic acids is 1. The van der Waals surface area contributed by atoms with Crippen molar-refractivity contribution in [2.24, 2.45) is 0 Å². The van der Waals surface area contributed by atoms with Gasteiger partial charge in [0.25, 0.3) is 5.69 Å². The topological polar surface area (TPSA) is 103 Å². The minimum absolute atomic E-state index is 0.0439. The van der Waals surface area contributed by atoms with Crippen LogP contribution in [0.5, 0.6) is 11.5 Å². The van der Waals surface area contributed by atoms with E-state index >= 15 is 0 Å². The molecule has 1 aromatic carbocycles. The smallest absolute Gasteiger partial charge is 0.354 e. The van der Waals surface area contributed by atoms with Crippen molar-refractivity contribution in [3.63, 3.8) is 0 Å². The SMILES string of the molecule is Cc1c(Oc2ccc(C(=O)O)nc2)cccc1[N+](=O)[O-]. The molecule has 1 N–H and O–H groups in total. The Kier molecular flexibility index (Phi) is 3.60. The number of carbonyl (C=O) groups is 1. The van der Waals surface area contributed by atoms with E-state index in [1.54, 1.807) is 13.0 Å². The monoisotopic (exact) mass is 274 g/mol. The summed E-state index contributed by atoms with van der Waals surface area (Å²) in [5, 5.41) is 19.5. The summed E-state index contributed by atoms with van der Waals surface area (Å²) in [4.78, 5) is 24.7. The van der Waals surface area contributed by atoms with Crippen LogP contribution in [0, 0.1) is 17.0 Å². The van der Waals surface area contributed by atoms with Gasteiger partial charge in [-0.25, -0.2) is 9.78 Å². The van der Waals surface area contributed by atoms with E-state index < -0.39 is 10.9 Å².